The van der Waals surface area contributed by atoms with Crippen LogP contribution in [0, 0.1) is 0 Å². The van der Waals surface area contributed by atoms with Gasteiger partial charge < -0.3 is 18.8 Å². The van der Waals surface area contributed by atoms with Gasteiger partial charge in [0.05, 0.1) is 29.0 Å². The third kappa shape index (κ3) is 5.30. The Morgan fingerprint density at radius 3 is 2.71 bits per heavy atom. The van der Waals surface area contributed by atoms with Gasteiger partial charge >= 0.3 is 12.1 Å². The molecule has 1 N–H and O–H groups in total. The summed E-state index contributed by atoms with van der Waals surface area (Å²) in [4.78, 5) is 23.4. The second-order valence-electron chi connectivity index (χ2n) is 9.09. The van der Waals surface area contributed by atoms with Crippen LogP contribution < -0.4 is 0 Å². The molecule has 38 heavy (non-hydrogen) atoms. The molecular weight excluding hydrogens is 523 g/mol. The first-order valence-corrected chi connectivity index (χ1v) is 12.3. The van der Waals surface area contributed by atoms with Gasteiger partial charge in [0.1, 0.15) is 17.0 Å². The zero-order chi connectivity index (χ0) is 27.0. The number of rotatable bonds is 3. The zero-order valence-electron chi connectivity index (χ0n) is 20.2. The van der Waals surface area contributed by atoms with Crippen LogP contribution in [0.4, 0.5) is 13.2 Å². The Hall–Kier alpha value is -3.70. The monoisotopic (exact) mass is 545 g/mol. The molecule has 0 aliphatic carbocycles. The molecular formula is C26H23ClF3N5O3. The number of carboxylic acid groups (broad SMARTS) is 1. The van der Waals surface area contributed by atoms with Gasteiger partial charge in [0.15, 0.2) is 0 Å². The molecule has 5 heterocycles. The van der Waals surface area contributed by atoms with E-state index in [-0.39, 0.29) is 6.10 Å². The maximum absolute atomic E-state index is 10.6. The number of pyridine rings is 2. The lowest BCUT2D eigenvalue weighted by molar-refractivity contribution is -0.192. The first-order valence-electron chi connectivity index (χ1n) is 11.9. The minimum atomic E-state index is -5.08. The SMILES string of the molecule is C[C@@H]1C[C@H](n2c(Cc3cn4ccccc4n3)nc3cnc4ccc(Cl)cc4c32)CCO1.O=C(O)C(F)(F)F. The topological polar surface area (TPSA) is 94.5 Å². The second kappa shape index (κ2) is 10.2. The van der Waals surface area contributed by atoms with E-state index in [1.807, 2.05) is 48.8 Å². The molecule has 12 heteroatoms. The minimum Gasteiger partial charge on any atom is -0.475 e. The van der Waals surface area contributed by atoms with E-state index in [1.165, 1.54) is 0 Å². The lowest BCUT2D eigenvalue weighted by Gasteiger charge is -2.30. The van der Waals surface area contributed by atoms with Gasteiger partial charge in [0.2, 0.25) is 0 Å². The van der Waals surface area contributed by atoms with E-state index in [0.717, 1.165) is 58.6 Å². The average molecular weight is 546 g/mol. The number of hydrogen-bond acceptors (Lipinski definition) is 5. The highest BCUT2D eigenvalue weighted by atomic mass is 35.5. The highest BCUT2D eigenvalue weighted by Gasteiger charge is 2.38. The number of carboxylic acids is 1. The summed E-state index contributed by atoms with van der Waals surface area (Å²) in [6.45, 7) is 2.90. The van der Waals surface area contributed by atoms with E-state index in [1.54, 1.807) is 0 Å². The van der Waals surface area contributed by atoms with E-state index in [9.17, 15) is 13.2 Å². The Kier molecular flexibility index (Phi) is 6.97. The maximum atomic E-state index is 10.6. The van der Waals surface area contributed by atoms with Gasteiger partial charge in [0, 0.05) is 41.9 Å². The number of benzene rings is 1. The van der Waals surface area contributed by atoms with Gasteiger partial charge in [-0.2, -0.15) is 13.2 Å². The van der Waals surface area contributed by atoms with Crippen LogP contribution in [0.15, 0.2) is 55.0 Å². The third-order valence-corrected chi connectivity index (χ3v) is 6.60. The molecule has 2 atom stereocenters. The fourth-order valence-electron chi connectivity index (χ4n) is 4.76. The normalized spacial score (nSPS) is 18.0. The summed E-state index contributed by atoms with van der Waals surface area (Å²) >= 11 is 6.37. The first kappa shape index (κ1) is 25.9. The van der Waals surface area contributed by atoms with Crippen LogP contribution in [-0.2, 0) is 16.0 Å². The van der Waals surface area contributed by atoms with Gasteiger partial charge in [-0.3, -0.25) is 4.98 Å². The van der Waals surface area contributed by atoms with Crippen molar-refractivity contribution < 1.29 is 27.8 Å². The van der Waals surface area contributed by atoms with Crippen LogP contribution in [0.25, 0.3) is 27.6 Å². The summed E-state index contributed by atoms with van der Waals surface area (Å²) in [7, 11) is 0. The summed E-state index contributed by atoms with van der Waals surface area (Å²) in [5, 5.41) is 8.87. The molecule has 0 bridgehead atoms. The molecule has 198 valence electrons. The van der Waals surface area contributed by atoms with Gasteiger partial charge in [-0.1, -0.05) is 17.7 Å². The molecule has 1 aliphatic rings. The largest absolute Gasteiger partial charge is 0.490 e. The van der Waals surface area contributed by atoms with Crippen molar-refractivity contribution in [1.82, 2.24) is 23.9 Å². The Balaban J connectivity index is 0.000000374. The van der Waals surface area contributed by atoms with E-state index in [0.29, 0.717) is 17.5 Å². The average Bonchev–Trinajstić information content (AvgIpc) is 3.44. The highest BCUT2D eigenvalue weighted by molar-refractivity contribution is 6.31. The Labute approximate surface area is 219 Å². The molecule has 6 rings (SSSR count). The summed E-state index contributed by atoms with van der Waals surface area (Å²) in [6, 6.07) is 12.2. The molecule has 0 radical (unpaired) electrons. The number of ether oxygens (including phenoxy) is 1. The molecule has 0 saturated carbocycles. The van der Waals surface area contributed by atoms with Crippen molar-refractivity contribution in [2.24, 2.45) is 0 Å². The van der Waals surface area contributed by atoms with Crippen molar-refractivity contribution in [3.8, 4) is 0 Å². The van der Waals surface area contributed by atoms with Gasteiger partial charge in [-0.05, 0) is 50.1 Å². The molecule has 5 aromatic rings. The van der Waals surface area contributed by atoms with Crippen LogP contribution in [0.5, 0.6) is 0 Å². The minimum absolute atomic E-state index is 0.218. The smallest absolute Gasteiger partial charge is 0.475 e. The first-order chi connectivity index (χ1) is 18.1. The summed E-state index contributed by atoms with van der Waals surface area (Å²) < 4.78 is 42.0. The molecule has 1 aliphatic heterocycles. The summed E-state index contributed by atoms with van der Waals surface area (Å²) in [5.74, 6) is -1.75. The fraction of sp³-hybridized carbons (Fsp3) is 0.308. The molecule has 0 spiro atoms. The molecule has 1 aromatic carbocycles. The van der Waals surface area contributed by atoms with Crippen molar-refractivity contribution in [1.29, 1.82) is 0 Å². The maximum Gasteiger partial charge on any atom is 0.490 e. The lowest BCUT2D eigenvalue weighted by atomic mass is 10.0. The van der Waals surface area contributed by atoms with Crippen molar-refractivity contribution >= 4 is 45.2 Å². The Bertz CT molecular complexity index is 1600. The van der Waals surface area contributed by atoms with Crippen molar-refractivity contribution in [3.05, 3.63) is 71.5 Å². The van der Waals surface area contributed by atoms with Crippen LogP contribution in [0.2, 0.25) is 5.02 Å². The van der Waals surface area contributed by atoms with Crippen LogP contribution in [-0.4, -0.2) is 53.9 Å². The van der Waals surface area contributed by atoms with Gasteiger partial charge in [0.25, 0.3) is 0 Å². The lowest BCUT2D eigenvalue weighted by Crippen LogP contribution is -2.26. The number of aliphatic carboxylic acids is 1. The number of imidazole rings is 2. The zero-order valence-corrected chi connectivity index (χ0v) is 20.9. The van der Waals surface area contributed by atoms with Gasteiger partial charge in [-0.25, -0.2) is 14.8 Å². The number of carbonyl (C=O) groups is 1. The molecule has 1 saturated heterocycles. The van der Waals surface area contributed by atoms with Crippen LogP contribution >= 0.6 is 11.6 Å². The number of aromatic nitrogens is 5. The summed E-state index contributed by atoms with van der Waals surface area (Å²) in [5.41, 5.74) is 4.87. The molecule has 0 unspecified atom stereocenters. The van der Waals surface area contributed by atoms with Crippen molar-refractivity contribution in [2.75, 3.05) is 6.61 Å². The third-order valence-electron chi connectivity index (χ3n) is 6.37. The van der Waals surface area contributed by atoms with Crippen LogP contribution in [0.1, 0.15) is 37.3 Å². The number of alkyl halides is 3. The Morgan fingerprint density at radius 1 is 1.21 bits per heavy atom. The molecule has 0 amide bonds. The number of fused-ring (bicyclic) bond motifs is 4. The van der Waals surface area contributed by atoms with Crippen LogP contribution in [0.3, 0.4) is 0 Å². The molecule has 4 aromatic heterocycles. The quantitative estimate of drug-likeness (QED) is 0.306. The van der Waals surface area contributed by atoms with E-state index < -0.39 is 12.1 Å². The van der Waals surface area contributed by atoms with E-state index >= 15 is 0 Å². The summed E-state index contributed by atoms with van der Waals surface area (Å²) in [6.07, 6.45) is 3.68. The molecule has 1 fully saturated rings. The van der Waals surface area contributed by atoms with Gasteiger partial charge in [-0.15, -0.1) is 0 Å². The number of hydrogen-bond donors (Lipinski definition) is 1. The second-order valence-corrected chi connectivity index (χ2v) is 9.53. The predicted octanol–water partition coefficient (Wildman–Crippen LogP) is 5.85. The fourth-order valence-corrected chi connectivity index (χ4v) is 4.93. The Morgan fingerprint density at radius 2 is 2.00 bits per heavy atom. The highest BCUT2D eigenvalue weighted by Crippen LogP contribution is 2.35. The van der Waals surface area contributed by atoms with E-state index in [4.69, 9.17) is 36.2 Å². The predicted molar refractivity (Wildman–Crippen MR) is 135 cm³/mol. The standard InChI is InChI=1S/C24H22ClN5O.C2HF3O2/c1-15-10-18(7-9-31-15)30-23(12-17-14-29-8-3-2-4-22(29)27-17)28-21-13-26-20-6-5-16(25)11-19(20)24(21)30;3-2(4,5)1(6)7/h2-6,8,11,13-15,18H,7,9-10,12H2,1H3;(H,6,7)/t15-,18-;/m1./s1. The van der Waals surface area contributed by atoms with E-state index in [2.05, 4.69) is 27.1 Å². The number of halogens is 4. The molecule has 8 nitrogen and oxygen atoms in total. The van der Waals surface area contributed by atoms with Crippen molar-refractivity contribution in [2.45, 2.75) is 44.5 Å². The van der Waals surface area contributed by atoms with Crippen molar-refractivity contribution in [3.63, 3.8) is 0 Å². The number of nitrogens with zero attached hydrogens (tertiary/aromatic N) is 5.